The summed E-state index contributed by atoms with van der Waals surface area (Å²) in [5.41, 5.74) is -3.40. The van der Waals surface area contributed by atoms with Crippen LogP contribution in [0.1, 0.15) is 146 Å². The van der Waals surface area contributed by atoms with E-state index >= 15 is 4.79 Å². The highest BCUT2D eigenvalue weighted by Gasteiger charge is 2.71. The van der Waals surface area contributed by atoms with Crippen LogP contribution < -0.4 is 0 Å². The number of carbonyl (C=O) groups excluding carboxylic acids is 2. The minimum absolute atomic E-state index is 0.0515. The number of aliphatic hydroxyl groups excluding tert-OH is 17. The number of carbonyl (C=O) groups is 2. The Morgan fingerprint density at radius 2 is 1.02 bits per heavy atom. The van der Waals surface area contributed by atoms with Crippen molar-refractivity contribution in [3.8, 4) is 0 Å². The van der Waals surface area contributed by atoms with Crippen LogP contribution >= 0.6 is 0 Å². The van der Waals surface area contributed by atoms with Crippen molar-refractivity contribution in [3.63, 3.8) is 0 Å². The molecule has 0 aromatic carbocycles. The Bertz CT molecular complexity index is 3330. The molecule has 0 spiro atoms. The molecule has 0 aromatic heterocycles. The molecule has 12 aliphatic rings. The predicted octanol–water partition coefficient (Wildman–Crippen LogP) is -2.76. The average molecular weight is 1620 g/mol. The number of esters is 2. The first-order valence-electron chi connectivity index (χ1n) is 40.0. The van der Waals surface area contributed by atoms with Crippen LogP contribution in [0.4, 0.5) is 0 Å². The molecule has 40 atom stereocenters. The van der Waals surface area contributed by atoms with E-state index in [1.165, 1.54) is 19.9 Å². The van der Waals surface area contributed by atoms with Crippen molar-refractivity contribution in [1.29, 1.82) is 0 Å². The lowest BCUT2D eigenvalue weighted by molar-refractivity contribution is -0.379. The van der Waals surface area contributed by atoms with Gasteiger partial charge in [0.1, 0.15) is 141 Å². The zero-order chi connectivity index (χ0) is 82.5. The van der Waals surface area contributed by atoms with Crippen molar-refractivity contribution in [1.82, 2.24) is 0 Å². The van der Waals surface area contributed by atoms with E-state index in [0.29, 0.717) is 44.9 Å². The molecule has 7 aliphatic heterocycles. The fourth-order valence-electron chi connectivity index (χ4n) is 20.8. The van der Waals surface area contributed by atoms with Crippen molar-refractivity contribution in [2.45, 2.75) is 349 Å². The van der Waals surface area contributed by atoms with Crippen molar-refractivity contribution in [2.24, 2.45) is 50.2 Å². The largest absolute Gasteiger partial charge is 0.459 e. The van der Waals surface area contributed by atoms with E-state index in [-0.39, 0.29) is 47.0 Å². The molecule has 12 rings (SSSR count). The van der Waals surface area contributed by atoms with E-state index in [4.69, 9.17) is 71.1 Å². The standard InChI is InChI=1S/C78H124O35/c1-12-74(8,98)19-13-14-33(2)63(96)99-31-41-50(87)52(89)62(112-67-57(94)53(90)59(34(3)105-67)109-66-58(95)60(40(82)30-102-66)110-64-54(91)46(83)37(79)27-100-64)70(107-41)113-71(97)78-24-22-72(4,5)26-36(78)35-15-16-44-75(9)20-18-45(73(6,7)43(75)17-21-77(44,11)76(35,10)23-25-78)108-68-56(93)51(88)49(86)42(106-68)32-104-69-61(48(85)39(81)29-103-69)111-65-55(92)47(84)38(80)28-101-65/h12,14,26,34-35,37-62,64-70,79-95,98H,1,13,15-25,27-32H2,2-11H3/b33-14+/t34-,35+,37+,38+,39-,40+,41+,42+,43-,44+,45-,46-,47-,48-,49+,50+,51-,52-,53-,54+,55+,56+,57+,58+,59-,60-,61+,62+,64-,65-,66-,67-,68-,69-,70-,74?,75-,76+,77+,78-/m0/s1. The lowest BCUT2D eigenvalue weighted by atomic mass is 9.32. The van der Waals surface area contributed by atoms with Crippen LogP contribution in [0.2, 0.25) is 0 Å². The maximum Gasteiger partial charge on any atom is 0.333 e. The molecule has 0 amide bonds. The van der Waals surface area contributed by atoms with E-state index in [9.17, 15) is 96.7 Å². The Hall–Kier alpha value is -3.08. The van der Waals surface area contributed by atoms with Crippen LogP contribution in [-0.2, 0) is 80.6 Å². The van der Waals surface area contributed by atoms with Gasteiger partial charge in [0, 0.05) is 5.57 Å². The van der Waals surface area contributed by atoms with Gasteiger partial charge in [-0.05, 0) is 143 Å². The van der Waals surface area contributed by atoms with Crippen molar-refractivity contribution >= 4 is 11.9 Å². The second-order valence-electron chi connectivity index (χ2n) is 36.2. The molecule has 7 saturated heterocycles. The topological polar surface area (TPSA) is 537 Å². The van der Waals surface area contributed by atoms with Gasteiger partial charge in [0.2, 0.25) is 6.29 Å². The molecule has 1 unspecified atom stereocenters. The van der Waals surface area contributed by atoms with Gasteiger partial charge in [-0.1, -0.05) is 72.3 Å². The van der Waals surface area contributed by atoms with Crippen molar-refractivity contribution in [3.05, 3.63) is 36.0 Å². The van der Waals surface area contributed by atoms with Gasteiger partial charge in [-0.15, -0.1) is 6.58 Å². The summed E-state index contributed by atoms with van der Waals surface area (Å²) in [6.45, 7) is 20.8. The maximum atomic E-state index is 16.0. The Kier molecular flexibility index (Phi) is 27.2. The first-order chi connectivity index (χ1) is 52.9. The Balaban J connectivity index is 0.742. The molecule has 35 nitrogen and oxygen atoms in total. The number of hydrogen-bond acceptors (Lipinski definition) is 35. The van der Waals surface area contributed by atoms with Crippen LogP contribution in [-0.4, -0.2) is 346 Å². The van der Waals surface area contributed by atoms with Gasteiger partial charge in [-0.2, -0.15) is 0 Å². The molecule has 7 heterocycles. The zero-order valence-electron chi connectivity index (χ0n) is 65.9. The summed E-state index contributed by atoms with van der Waals surface area (Å²) in [6.07, 6.45) is -40.7. The van der Waals surface area contributed by atoms with Gasteiger partial charge >= 0.3 is 11.9 Å². The lowest BCUT2D eigenvalue weighted by Gasteiger charge is -2.72. The highest BCUT2D eigenvalue weighted by Crippen LogP contribution is 2.77. The fourth-order valence-corrected chi connectivity index (χ4v) is 20.8. The number of fused-ring (bicyclic) bond motifs is 7. The van der Waals surface area contributed by atoms with Crippen LogP contribution in [0.15, 0.2) is 36.0 Å². The minimum atomic E-state index is -2.06. The third-order valence-electron chi connectivity index (χ3n) is 28.1. The zero-order valence-corrected chi connectivity index (χ0v) is 65.9. The third kappa shape index (κ3) is 17.1. The van der Waals surface area contributed by atoms with Crippen LogP contribution in [0.25, 0.3) is 0 Å². The van der Waals surface area contributed by atoms with Gasteiger partial charge in [0.15, 0.2) is 43.8 Å². The SMILES string of the molecule is C=CC(C)(O)CC/C=C(\C)C(=O)OC[C@H]1O[C@@H](OC(=O)[C@]23CCC(C)(C)C=C2[C@H]2CC[C@@H]4[C@@]5(C)CC[C@H](O[C@@H]6O[C@H](CO[C@@H]7OC[C@H](O)[C@H](O)[C@H]7O[C@@H]7OC[C@@H](O)[C@H](O)[C@H]7O)[C@@H](O)[C@H](O)[C@H]6O)C(C)(C)[C@@H]5CC[C@@]4(C)[C@]2(C)CC3)[C@H](O[C@@H]2O[C@@H](C)[C@H](O[C@@H]3OC[C@@H](O)[C@H](O[C@@H]4OC[C@@H](O)[C@H](O)[C@H]4O)[C@H]3O)[C@@H](O)[C@H]2O)[C@@H](O)[C@@H]1O. The molecule has 646 valence electrons. The van der Waals surface area contributed by atoms with E-state index in [2.05, 4.69) is 61.1 Å². The normalized spacial score (nSPS) is 50.6. The lowest BCUT2D eigenvalue weighted by Crippen LogP contribution is -2.67. The van der Waals surface area contributed by atoms with E-state index in [0.717, 1.165) is 24.8 Å². The molecule has 113 heavy (non-hydrogen) atoms. The molecule has 5 aliphatic carbocycles. The predicted molar refractivity (Wildman–Crippen MR) is 383 cm³/mol. The highest BCUT2D eigenvalue weighted by atomic mass is 16.8. The average Bonchev–Trinajstić information content (AvgIpc) is 0.674. The van der Waals surface area contributed by atoms with Gasteiger partial charge in [0.05, 0.1) is 56.3 Å². The third-order valence-corrected chi connectivity index (χ3v) is 28.1. The number of aliphatic hydroxyl groups is 18. The Morgan fingerprint density at radius 3 is 1.66 bits per heavy atom. The number of hydrogen-bond donors (Lipinski definition) is 18. The van der Waals surface area contributed by atoms with Gasteiger partial charge in [0.25, 0.3) is 0 Å². The molecule has 11 fully saturated rings. The van der Waals surface area contributed by atoms with Crippen LogP contribution in [0.5, 0.6) is 0 Å². The monoisotopic (exact) mass is 1620 g/mol. The van der Waals surface area contributed by atoms with E-state index < -0.39 is 275 Å². The van der Waals surface area contributed by atoms with Gasteiger partial charge in [-0.3, -0.25) is 4.79 Å². The Labute approximate surface area is 656 Å². The number of rotatable bonds is 22. The summed E-state index contributed by atoms with van der Waals surface area (Å²) in [5, 5.41) is 198. The summed E-state index contributed by atoms with van der Waals surface area (Å²) in [5.74, 6) is -1.49. The quantitative estimate of drug-likeness (QED) is 0.0226. The molecular weight excluding hydrogens is 1500 g/mol. The summed E-state index contributed by atoms with van der Waals surface area (Å²) < 4.78 is 89.7. The summed E-state index contributed by atoms with van der Waals surface area (Å²) >= 11 is 0. The number of allylic oxidation sites excluding steroid dienone is 2. The van der Waals surface area contributed by atoms with E-state index in [1.807, 2.05) is 0 Å². The second kappa shape index (κ2) is 34.4. The molecule has 0 bridgehead atoms. The first kappa shape index (κ1) is 89.2. The smallest absolute Gasteiger partial charge is 0.333 e. The number of ether oxygens (including phenoxy) is 15. The minimum Gasteiger partial charge on any atom is -0.459 e. The van der Waals surface area contributed by atoms with Gasteiger partial charge < -0.3 is 163 Å². The second-order valence-corrected chi connectivity index (χ2v) is 36.2. The highest BCUT2D eigenvalue weighted by molar-refractivity contribution is 5.87. The molecule has 35 heteroatoms. The molecular formula is C78H124O35. The van der Waals surface area contributed by atoms with E-state index in [1.54, 1.807) is 13.0 Å². The van der Waals surface area contributed by atoms with Gasteiger partial charge in [-0.25, -0.2) is 4.79 Å². The summed E-state index contributed by atoms with van der Waals surface area (Å²) in [7, 11) is 0. The Morgan fingerprint density at radius 1 is 0.504 bits per heavy atom. The molecule has 18 N–H and O–H groups in total. The van der Waals surface area contributed by atoms with Crippen molar-refractivity contribution in [2.75, 3.05) is 39.6 Å². The van der Waals surface area contributed by atoms with Crippen LogP contribution in [0.3, 0.4) is 0 Å². The van der Waals surface area contributed by atoms with Crippen LogP contribution in [0, 0.1) is 50.2 Å². The fraction of sp³-hybridized carbons (Fsp3) is 0.897. The molecule has 0 aromatic rings. The summed E-state index contributed by atoms with van der Waals surface area (Å²) in [6, 6.07) is 0. The summed E-state index contributed by atoms with van der Waals surface area (Å²) in [4.78, 5) is 29.6. The molecule has 0 radical (unpaired) electrons. The first-order valence-corrected chi connectivity index (χ1v) is 40.0. The maximum absolute atomic E-state index is 16.0. The molecule has 4 saturated carbocycles. The van der Waals surface area contributed by atoms with Crippen molar-refractivity contribution < 1.29 is 173 Å².